The Morgan fingerprint density at radius 2 is 2.24 bits per heavy atom. The van der Waals surface area contributed by atoms with E-state index in [0.717, 1.165) is 15.6 Å². The number of carboxylic acid groups (broad SMARTS) is 1. The molecule has 5 heteroatoms. The van der Waals surface area contributed by atoms with Crippen molar-refractivity contribution < 1.29 is 9.90 Å². The lowest BCUT2D eigenvalue weighted by atomic mass is 10.0. The molecule has 3 N–H and O–H groups in total. The minimum absolute atomic E-state index is 0.168. The molecule has 2 rings (SSSR count). The number of carbonyl (C=O) groups is 1. The highest BCUT2D eigenvalue weighted by atomic mass is 79.9. The summed E-state index contributed by atoms with van der Waals surface area (Å²) in [6.45, 7) is 1.91. The van der Waals surface area contributed by atoms with Crippen molar-refractivity contribution in [3.05, 3.63) is 33.3 Å². The molecule has 0 spiro atoms. The zero-order valence-corrected chi connectivity index (χ0v) is 10.8. The minimum Gasteiger partial charge on any atom is -0.478 e. The van der Waals surface area contributed by atoms with Gasteiger partial charge in [-0.25, -0.2) is 9.79 Å². The van der Waals surface area contributed by atoms with Gasteiger partial charge in [0.1, 0.15) is 5.84 Å². The van der Waals surface area contributed by atoms with Gasteiger partial charge < -0.3 is 10.8 Å². The molecule has 0 bridgehead atoms. The SMILES string of the molecule is Cc1cc(Br)cc2c1C=C(C(=O)O)CC(N)=N2. The second-order valence-corrected chi connectivity index (χ2v) is 4.83. The van der Waals surface area contributed by atoms with Crippen LogP contribution in [0.1, 0.15) is 17.5 Å². The van der Waals surface area contributed by atoms with Crippen molar-refractivity contribution in [2.75, 3.05) is 0 Å². The topological polar surface area (TPSA) is 75.7 Å². The molecule has 0 amide bonds. The number of fused-ring (bicyclic) bond motifs is 1. The maximum Gasteiger partial charge on any atom is 0.332 e. The molecule has 0 aromatic heterocycles. The number of amidine groups is 1. The summed E-state index contributed by atoms with van der Waals surface area (Å²) in [5, 5.41) is 9.06. The number of aliphatic carboxylic acids is 1. The fourth-order valence-electron chi connectivity index (χ4n) is 1.77. The molecule has 88 valence electrons. The molecule has 0 saturated heterocycles. The van der Waals surface area contributed by atoms with Gasteiger partial charge in [-0.3, -0.25) is 0 Å². The molecule has 0 radical (unpaired) electrons. The first-order chi connectivity index (χ1) is 7.97. The Kier molecular flexibility index (Phi) is 3.02. The summed E-state index contributed by atoms with van der Waals surface area (Å²) in [4.78, 5) is 15.3. The van der Waals surface area contributed by atoms with Gasteiger partial charge >= 0.3 is 5.97 Å². The molecule has 0 fully saturated rings. The van der Waals surface area contributed by atoms with E-state index in [1.54, 1.807) is 6.08 Å². The molecule has 1 aromatic carbocycles. The normalized spacial score (nSPS) is 14.5. The van der Waals surface area contributed by atoms with Crippen LogP contribution in [0.5, 0.6) is 0 Å². The van der Waals surface area contributed by atoms with Crippen LogP contribution < -0.4 is 5.73 Å². The van der Waals surface area contributed by atoms with Crippen molar-refractivity contribution >= 4 is 39.5 Å². The maximum absolute atomic E-state index is 11.1. The van der Waals surface area contributed by atoms with Crippen LogP contribution in [-0.4, -0.2) is 16.9 Å². The molecular weight excluding hydrogens is 284 g/mol. The van der Waals surface area contributed by atoms with Gasteiger partial charge in [-0.05, 0) is 30.7 Å². The Morgan fingerprint density at radius 1 is 1.53 bits per heavy atom. The summed E-state index contributed by atoms with van der Waals surface area (Å²) in [7, 11) is 0. The van der Waals surface area contributed by atoms with Crippen molar-refractivity contribution in [3.8, 4) is 0 Å². The van der Waals surface area contributed by atoms with Crippen LogP contribution in [0.3, 0.4) is 0 Å². The van der Waals surface area contributed by atoms with Crippen molar-refractivity contribution in [3.63, 3.8) is 0 Å². The van der Waals surface area contributed by atoms with Crippen molar-refractivity contribution in [1.29, 1.82) is 0 Å². The highest BCUT2D eigenvalue weighted by Gasteiger charge is 2.16. The van der Waals surface area contributed by atoms with Crippen LogP contribution in [-0.2, 0) is 4.79 Å². The van der Waals surface area contributed by atoms with E-state index in [4.69, 9.17) is 10.8 Å². The van der Waals surface area contributed by atoms with Crippen molar-refractivity contribution in [1.82, 2.24) is 0 Å². The second kappa shape index (κ2) is 4.33. The Balaban J connectivity index is 2.69. The predicted molar refractivity (Wildman–Crippen MR) is 70.4 cm³/mol. The quantitative estimate of drug-likeness (QED) is 0.836. The fourth-order valence-corrected chi connectivity index (χ4v) is 2.33. The van der Waals surface area contributed by atoms with Gasteiger partial charge in [-0.2, -0.15) is 0 Å². The van der Waals surface area contributed by atoms with Gasteiger partial charge in [0.25, 0.3) is 0 Å². The molecule has 1 aliphatic heterocycles. The lowest BCUT2D eigenvalue weighted by Crippen LogP contribution is -2.14. The van der Waals surface area contributed by atoms with E-state index in [1.807, 2.05) is 19.1 Å². The Bertz CT molecular complexity index is 562. The van der Waals surface area contributed by atoms with Gasteiger partial charge in [0, 0.05) is 22.0 Å². The monoisotopic (exact) mass is 294 g/mol. The van der Waals surface area contributed by atoms with Crippen molar-refractivity contribution in [2.24, 2.45) is 10.7 Å². The van der Waals surface area contributed by atoms with Gasteiger partial charge in [0.15, 0.2) is 0 Å². The number of nitrogens with two attached hydrogens (primary N) is 1. The number of halogens is 1. The van der Waals surface area contributed by atoms with Gasteiger partial charge in [-0.15, -0.1) is 0 Å². The third kappa shape index (κ3) is 2.39. The number of hydrogen-bond acceptors (Lipinski definition) is 3. The lowest BCUT2D eigenvalue weighted by molar-refractivity contribution is -0.132. The maximum atomic E-state index is 11.1. The smallest absolute Gasteiger partial charge is 0.332 e. The van der Waals surface area contributed by atoms with E-state index in [0.29, 0.717) is 11.5 Å². The summed E-state index contributed by atoms with van der Waals surface area (Å²) < 4.78 is 0.900. The minimum atomic E-state index is -0.960. The summed E-state index contributed by atoms with van der Waals surface area (Å²) >= 11 is 3.38. The number of carboxylic acids is 1. The molecule has 0 unspecified atom stereocenters. The molecule has 4 nitrogen and oxygen atoms in total. The summed E-state index contributed by atoms with van der Waals surface area (Å²) in [5.74, 6) is -0.645. The highest BCUT2D eigenvalue weighted by molar-refractivity contribution is 9.10. The number of rotatable bonds is 1. The van der Waals surface area contributed by atoms with E-state index < -0.39 is 5.97 Å². The van der Waals surface area contributed by atoms with Crippen LogP contribution >= 0.6 is 15.9 Å². The Labute approximate surface area is 107 Å². The van der Waals surface area contributed by atoms with E-state index >= 15 is 0 Å². The van der Waals surface area contributed by atoms with Crippen LogP contribution in [0, 0.1) is 6.92 Å². The van der Waals surface area contributed by atoms with Gasteiger partial charge in [-0.1, -0.05) is 15.9 Å². The molecule has 0 aliphatic carbocycles. The predicted octanol–water partition coefficient (Wildman–Crippen LogP) is 2.62. The van der Waals surface area contributed by atoms with E-state index in [2.05, 4.69) is 20.9 Å². The number of aryl methyl sites for hydroxylation is 1. The number of nitrogens with zero attached hydrogens (tertiary/aromatic N) is 1. The summed E-state index contributed by atoms with van der Waals surface area (Å²) in [6.07, 6.45) is 1.81. The third-order valence-electron chi connectivity index (χ3n) is 2.56. The zero-order chi connectivity index (χ0) is 12.6. The standard InChI is InChI=1S/C12H11BrN2O2/c1-6-2-8(13)5-10-9(6)3-7(12(16)17)4-11(14)15-10/h2-3,5H,4H2,1H3,(H2,14,15)(H,16,17). The first kappa shape index (κ1) is 11.9. The first-order valence-corrected chi connectivity index (χ1v) is 5.83. The van der Waals surface area contributed by atoms with E-state index in [9.17, 15) is 4.79 Å². The second-order valence-electron chi connectivity index (χ2n) is 3.91. The fraction of sp³-hybridized carbons (Fsp3) is 0.167. The first-order valence-electron chi connectivity index (χ1n) is 5.04. The molecule has 1 aromatic rings. The number of benzene rings is 1. The molecule has 0 atom stereocenters. The summed E-state index contributed by atoms with van der Waals surface area (Å²) in [5.41, 5.74) is 8.44. The number of hydrogen-bond donors (Lipinski definition) is 2. The zero-order valence-electron chi connectivity index (χ0n) is 9.20. The van der Waals surface area contributed by atoms with E-state index in [-0.39, 0.29) is 12.0 Å². The Morgan fingerprint density at radius 3 is 2.88 bits per heavy atom. The number of aliphatic imine (C=N–C) groups is 1. The molecule has 17 heavy (non-hydrogen) atoms. The lowest BCUT2D eigenvalue weighted by Gasteiger charge is -2.05. The molecular formula is C12H11BrN2O2. The van der Waals surface area contributed by atoms with Gasteiger partial charge in [0.05, 0.1) is 5.69 Å². The van der Waals surface area contributed by atoms with Crippen molar-refractivity contribution in [2.45, 2.75) is 13.3 Å². The highest BCUT2D eigenvalue weighted by Crippen LogP contribution is 2.32. The summed E-state index contributed by atoms with van der Waals surface area (Å²) in [6, 6.07) is 3.75. The van der Waals surface area contributed by atoms with Crippen LogP contribution in [0.4, 0.5) is 5.69 Å². The average Bonchev–Trinajstić information content (AvgIpc) is 2.36. The average molecular weight is 295 g/mol. The largest absolute Gasteiger partial charge is 0.478 e. The van der Waals surface area contributed by atoms with E-state index in [1.165, 1.54) is 0 Å². The van der Waals surface area contributed by atoms with Crippen LogP contribution in [0.25, 0.3) is 6.08 Å². The van der Waals surface area contributed by atoms with Gasteiger partial charge in [0.2, 0.25) is 0 Å². The van der Waals surface area contributed by atoms with Crippen LogP contribution in [0.15, 0.2) is 27.2 Å². The van der Waals surface area contributed by atoms with Crippen LogP contribution in [0.2, 0.25) is 0 Å². The molecule has 1 heterocycles. The molecule has 0 saturated carbocycles. The molecule has 1 aliphatic rings. The Hall–Kier alpha value is -1.62. The third-order valence-corrected chi connectivity index (χ3v) is 3.02.